The zero-order chi connectivity index (χ0) is 24.5. The standard InChI is InChI=1S/C29H24O5S/c1-21-13-16-26(17-14-21)35(30,31)34-25-15-18-28-23(19-25)20-27(22-9-5-3-6-10-22)29(32-2,33-28)24-11-7-4-8-12-24/h3-20H,1-2H3. The fourth-order valence-electron chi connectivity index (χ4n) is 4.16. The Kier molecular flexibility index (Phi) is 5.93. The van der Waals surface area contributed by atoms with Gasteiger partial charge in [0.05, 0.1) is 0 Å². The summed E-state index contributed by atoms with van der Waals surface area (Å²) in [6.07, 6.45) is 1.95. The van der Waals surface area contributed by atoms with Crippen LogP contribution in [0.2, 0.25) is 0 Å². The van der Waals surface area contributed by atoms with E-state index in [9.17, 15) is 8.42 Å². The van der Waals surface area contributed by atoms with Crippen LogP contribution in [0, 0.1) is 6.92 Å². The molecule has 0 amide bonds. The molecular weight excluding hydrogens is 460 g/mol. The molecule has 0 radical (unpaired) electrons. The molecule has 4 aromatic rings. The van der Waals surface area contributed by atoms with Crippen LogP contribution in [0.3, 0.4) is 0 Å². The second-order valence-corrected chi connectivity index (χ2v) is 9.81. The molecule has 5 nitrogen and oxygen atoms in total. The molecule has 1 unspecified atom stereocenters. The van der Waals surface area contributed by atoms with Gasteiger partial charge in [-0.05, 0) is 48.9 Å². The topological polar surface area (TPSA) is 61.8 Å². The molecule has 0 fully saturated rings. The smallest absolute Gasteiger partial charge is 0.339 e. The van der Waals surface area contributed by atoms with E-state index in [0.29, 0.717) is 11.3 Å². The van der Waals surface area contributed by atoms with Crippen molar-refractivity contribution in [3.63, 3.8) is 0 Å². The lowest BCUT2D eigenvalue weighted by molar-refractivity contribution is -0.123. The highest BCUT2D eigenvalue weighted by molar-refractivity contribution is 7.87. The Morgan fingerprint density at radius 2 is 1.46 bits per heavy atom. The predicted molar refractivity (Wildman–Crippen MR) is 136 cm³/mol. The van der Waals surface area contributed by atoms with Gasteiger partial charge in [-0.15, -0.1) is 0 Å². The molecular formula is C29H24O5S. The summed E-state index contributed by atoms with van der Waals surface area (Å²) < 4.78 is 43.6. The third kappa shape index (κ3) is 4.34. The Balaban J connectivity index is 1.59. The molecule has 1 atom stereocenters. The summed E-state index contributed by atoms with van der Waals surface area (Å²) in [5, 5.41) is 0. The molecule has 0 N–H and O–H groups in total. The van der Waals surface area contributed by atoms with Gasteiger partial charge in [0.1, 0.15) is 16.4 Å². The highest BCUT2D eigenvalue weighted by Gasteiger charge is 2.43. The largest absolute Gasteiger partial charge is 0.453 e. The van der Waals surface area contributed by atoms with E-state index in [1.54, 1.807) is 37.4 Å². The average Bonchev–Trinajstić information content (AvgIpc) is 2.89. The Bertz CT molecular complexity index is 1480. The van der Waals surface area contributed by atoms with E-state index in [2.05, 4.69) is 0 Å². The molecule has 6 heteroatoms. The Morgan fingerprint density at radius 3 is 2.11 bits per heavy atom. The normalized spacial score (nSPS) is 17.1. The number of methoxy groups -OCH3 is 1. The molecule has 1 aliphatic heterocycles. The van der Waals surface area contributed by atoms with Gasteiger partial charge in [0, 0.05) is 23.8 Å². The first-order valence-corrected chi connectivity index (χ1v) is 12.5. The van der Waals surface area contributed by atoms with Gasteiger partial charge in [0.15, 0.2) is 0 Å². The quantitative estimate of drug-likeness (QED) is 0.305. The minimum Gasteiger partial charge on any atom is -0.453 e. The van der Waals surface area contributed by atoms with Crippen LogP contribution in [0.5, 0.6) is 11.5 Å². The minimum atomic E-state index is -3.98. The van der Waals surface area contributed by atoms with Gasteiger partial charge in [0.2, 0.25) is 0 Å². The fourth-order valence-corrected chi connectivity index (χ4v) is 5.08. The lowest BCUT2D eigenvalue weighted by Gasteiger charge is -2.39. The van der Waals surface area contributed by atoms with E-state index in [1.165, 1.54) is 12.1 Å². The maximum Gasteiger partial charge on any atom is 0.339 e. The highest BCUT2D eigenvalue weighted by atomic mass is 32.2. The number of rotatable bonds is 6. The molecule has 1 heterocycles. The molecule has 4 aromatic carbocycles. The number of aryl methyl sites for hydroxylation is 1. The van der Waals surface area contributed by atoms with Crippen molar-refractivity contribution < 1.29 is 22.1 Å². The van der Waals surface area contributed by atoms with Crippen molar-refractivity contribution in [1.82, 2.24) is 0 Å². The van der Waals surface area contributed by atoms with Crippen molar-refractivity contribution in [3.8, 4) is 11.5 Å². The molecule has 0 saturated heterocycles. The molecule has 1 aliphatic rings. The lowest BCUT2D eigenvalue weighted by atomic mass is 9.87. The second-order valence-electron chi connectivity index (χ2n) is 8.26. The van der Waals surface area contributed by atoms with Gasteiger partial charge in [-0.3, -0.25) is 0 Å². The zero-order valence-corrected chi connectivity index (χ0v) is 20.2. The van der Waals surface area contributed by atoms with Crippen LogP contribution in [0.25, 0.3) is 11.6 Å². The molecule has 0 aliphatic carbocycles. The first kappa shape index (κ1) is 22.9. The molecule has 5 rings (SSSR count). The van der Waals surface area contributed by atoms with Crippen LogP contribution in [0.4, 0.5) is 0 Å². The van der Waals surface area contributed by atoms with Crippen LogP contribution < -0.4 is 8.92 Å². The van der Waals surface area contributed by atoms with Crippen molar-refractivity contribution in [2.24, 2.45) is 0 Å². The van der Waals surface area contributed by atoms with Crippen LogP contribution in [-0.4, -0.2) is 15.5 Å². The Labute approximate surface area is 205 Å². The number of ether oxygens (including phenoxy) is 2. The van der Waals surface area contributed by atoms with Gasteiger partial charge in [0.25, 0.3) is 5.79 Å². The molecule has 35 heavy (non-hydrogen) atoms. The van der Waals surface area contributed by atoms with E-state index in [4.69, 9.17) is 13.7 Å². The van der Waals surface area contributed by atoms with Crippen LogP contribution in [0.15, 0.2) is 108 Å². The summed E-state index contributed by atoms with van der Waals surface area (Å²) in [5.41, 5.74) is 4.20. The average molecular weight is 485 g/mol. The SMILES string of the molecule is COC1(c2ccccc2)Oc2ccc(OS(=O)(=O)c3ccc(C)cc3)cc2C=C1c1ccccc1. The van der Waals surface area contributed by atoms with Crippen LogP contribution >= 0.6 is 0 Å². The van der Waals surface area contributed by atoms with E-state index >= 15 is 0 Å². The van der Waals surface area contributed by atoms with E-state index < -0.39 is 15.9 Å². The third-order valence-electron chi connectivity index (χ3n) is 5.93. The number of fused-ring (bicyclic) bond motifs is 1. The highest BCUT2D eigenvalue weighted by Crippen LogP contribution is 2.47. The third-order valence-corrected chi connectivity index (χ3v) is 7.19. The maximum absolute atomic E-state index is 12.8. The van der Waals surface area contributed by atoms with Crippen molar-refractivity contribution >= 4 is 21.8 Å². The molecule has 0 saturated carbocycles. The van der Waals surface area contributed by atoms with Crippen molar-refractivity contribution in [3.05, 3.63) is 125 Å². The summed E-state index contributed by atoms with van der Waals surface area (Å²) in [6, 6.07) is 31.0. The monoisotopic (exact) mass is 484 g/mol. The summed E-state index contributed by atoms with van der Waals surface area (Å²) in [5.74, 6) is -0.428. The lowest BCUT2D eigenvalue weighted by Crippen LogP contribution is -2.38. The predicted octanol–water partition coefficient (Wildman–Crippen LogP) is 6.20. The van der Waals surface area contributed by atoms with Crippen LogP contribution in [0.1, 0.15) is 22.3 Å². The Morgan fingerprint density at radius 1 is 0.800 bits per heavy atom. The van der Waals surface area contributed by atoms with E-state index in [-0.39, 0.29) is 10.6 Å². The van der Waals surface area contributed by atoms with Gasteiger partial charge >= 0.3 is 10.1 Å². The first-order chi connectivity index (χ1) is 16.9. The summed E-state index contributed by atoms with van der Waals surface area (Å²) in [7, 11) is -2.37. The molecule has 0 bridgehead atoms. The van der Waals surface area contributed by atoms with E-state index in [0.717, 1.165) is 22.3 Å². The van der Waals surface area contributed by atoms with Gasteiger partial charge < -0.3 is 13.7 Å². The summed E-state index contributed by atoms with van der Waals surface area (Å²) >= 11 is 0. The number of hydrogen-bond donors (Lipinski definition) is 0. The summed E-state index contributed by atoms with van der Waals surface area (Å²) in [4.78, 5) is 0.0973. The minimum absolute atomic E-state index is 0.0973. The maximum atomic E-state index is 12.8. The van der Waals surface area contributed by atoms with Gasteiger partial charge in [-0.25, -0.2) is 0 Å². The van der Waals surface area contributed by atoms with Crippen LogP contribution in [-0.2, 0) is 20.6 Å². The fraction of sp³-hybridized carbons (Fsp3) is 0.103. The van der Waals surface area contributed by atoms with Crippen molar-refractivity contribution in [1.29, 1.82) is 0 Å². The van der Waals surface area contributed by atoms with Crippen molar-refractivity contribution in [2.45, 2.75) is 17.6 Å². The first-order valence-electron chi connectivity index (χ1n) is 11.1. The number of benzene rings is 4. The second kappa shape index (κ2) is 9.06. The number of hydrogen-bond acceptors (Lipinski definition) is 5. The summed E-state index contributed by atoms with van der Waals surface area (Å²) in [6.45, 7) is 1.90. The Hall–Kier alpha value is -3.87. The van der Waals surface area contributed by atoms with E-state index in [1.807, 2.05) is 73.7 Å². The van der Waals surface area contributed by atoms with Crippen molar-refractivity contribution in [2.75, 3.05) is 7.11 Å². The zero-order valence-electron chi connectivity index (χ0n) is 19.3. The molecule has 0 spiro atoms. The molecule has 0 aromatic heterocycles. The van der Waals surface area contributed by atoms with Gasteiger partial charge in [-0.1, -0.05) is 78.4 Å². The molecule has 176 valence electrons. The van der Waals surface area contributed by atoms with Gasteiger partial charge in [-0.2, -0.15) is 8.42 Å².